The number of rotatable bonds is 5. The summed E-state index contributed by atoms with van der Waals surface area (Å²) in [6, 6.07) is 10.5. The number of esters is 1. The lowest BCUT2D eigenvalue weighted by atomic mass is 10.1. The molecule has 2 rings (SSSR count). The number of hydrogen-bond donors (Lipinski definition) is 1. The molecule has 1 N–H and O–H groups in total. The number of carbonyl (C=O) groups is 2. The molecule has 0 saturated heterocycles. The van der Waals surface area contributed by atoms with Crippen molar-refractivity contribution in [2.24, 2.45) is 0 Å². The highest BCUT2D eigenvalue weighted by Crippen LogP contribution is 2.27. The van der Waals surface area contributed by atoms with E-state index in [1.165, 1.54) is 19.1 Å². The second-order valence-electron chi connectivity index (χ2n) is 5.27. The lowest BCUT2D eigenvalue weighted by Gasteiger charge is -2.15. The molecular weight excluding hydrogens is 348 g/mol. The number of non-ortho nitro benzene ring substituents is 1. The summed E-state index contributed by atoms with van der Waals surface area (Å²) in [6.07, 6.45) is -1.11. The van der Waals surface area contributed by atoms with Crippen LogP contribution in [0.2, 0.25) is 5.02 Å². The van der Waals surface area contributed by atoms with Gasteiger partial charge in [-0.25, -0.2) is 4.79 Å². The Hall–Kier alpha value is -2.93. The van der Waals surface area contributed by atoms with Crippen LogP contribution in [0.4, 0.5) is 11.4 Å². The number of anilines is 1. The maximum atomic E-state index is 12.2. The average Bonchev–Trinajstić information content (AvgIpc) is 2.56. The highest BCUT2D eigenvalue weighted by Gasteiger charge is 2.21. The second kappa shape index (κ2) is 7.76. The van der Waals surface area contributed by atoms with Crippen molar-refractivity contribution >= 4 is 34.9 Å². The van der Waals surface area contributed by atoms with Crippen LogP contribution in [0.25, 0.3) is 0 Å². The van der Waals surface area contributed by atoms with Crippen molar-refractivity contribution in [3.05, 3.63) is 68.7 Å². The molecule has 130 valence electrons. The highest BCUT2D eigenvalue weighted by molar-refractivity contribution is 6.33. The summed E-state index contributed by atoms with van der Waals surface area (Å²) in [5, 5.41) is 13.4. The molecule has 0 bridgehead atoms. The van der Waals surface area contributed by atoms with Gasteiger partial charge in [0.25, 0.3) is 11.6 Å². The van der Waals surface area contributed by atoms with Gasteiger partial charge in [-0.2, -0.15) is 0 Å². The van der Waals surface area contributed by atoms with E-state index in [4.69, 9.17) is 16.3 Å². The third kappa shape index (κ3) is 4.54. The fraction of sp³-hybridized carbons (Fsp3) is 0.176. The summed E-state index contributed by atoms with van der Waals surface area (Å²) in [6.45, 7) is 3.15. The Morgan fingerprint density at radius 2 is 1.92 bits per heavy atom. The smallest absolute Gasteiger partial charge is 0.339 e. The third-order valence-corrected chi connectivity index (χ3v) is 3.77. The Morgan fingerprint density at radius 3 is 2.56 bits per heavy atom. The summed E-state index contributed by atoms with van der Waals surface area (Å²) in [5.41, 5.74) is 0.932. The molecule has 0 aromatic heterocycles. The Balaban J connectivity index is 2.08. The van der Waals surface area contributed by atoms with Gasteiger partial charge < -0.3 is 10.1 Å². The van der Waals surface area contributed by atoms with E-state index in [9.17, 15) is 19.7 Å². The number of nitrogens with zero attached hydrogens (tertiary/aromatic N) is 1. The zero-order valence-electron chi connectivity index (χ0n) is 13.5. The standard InChI is InChI=1S/C17H15ClN2O5/c1-10-5-3-4-6-13(10)17(22)25-11(2)16(21)19-15-9-12(20(23)24)7-8-14(15)18/h3-9,11H,1-2H3,(H,19,21). The van der Waals surface area contributed by atoms with Gasteiger partial charge in [-0.15, -0.1) is 0 Å². The largest absolute Gasteiger partial charge is 0.449 e. The highest BCUT2D eigenvalue weighted by atomic mass is 35.5. The Morgan fingerprint density at radius 1 is 1.24 bits per heavy atom. The molecule has 0 aliphatic heterocycles. The van der Waals surface area contributed by atoms with E-state index >= 15 is 0 Å². The van der Waals surface area contributed by atoms with Crippen molar-refractivity contribution in [2.45, 2.75) is 20.0 Å². The van der Waals surface area contributed by atoms with E-state index in [2.05, 4.69) is 5.32 Å². The molecule has 0 saturated carbocycles. The van der Waals surface area contributed by atoms with E-state index in [-0.39, 0.29) is 16.4 Å². The molecule has 25 heavy (non-hydrogen) atoms. The van der Waals surface area contributed by atoms with E-state index in [0.29, 0.717) is 5.56 Å². The van der Waals surface area contributed by atoms with E-state index < -0.39 is 22.9 Å². The van der Waals surface area contributed by atoms with Gasteiger partial charge in [0.05, 0.1) is 21.2 Å². The summed E-state index contributed by atoms with van der Waals surface area (Å²) in [5.74, 6) is -1.28. The molecule has 2 aromatic rings. The van der Waals surface area contributed by atoms with Gasteiger partial charge in [0.1, 0.15) is 0 Å². The van der Waals surface area contributed by atoms with E-state index in [1.54, 1.807) is 31.2 Å². The van der Waals surface area contributed by atoms with Gasteiger partial charge in [-0.05, 0) is 31.5 Å². The third-order valence-electron chi connectivity index (χ3n) is 3.44. The molecule has 0 aliphatic carbocycles. The number of amides is 1. The van der Waals surface area contributed by atoms with Crippen LogP contribution in [-0.4, -0.2) is 22.9 Å². The zero-order valence-corrected chi connectivity index (χ0v) is 14.2. The number of ether oxygens (including phenoxy) is 1. The lowest BCUT2D eigenvalue weighted by Crippen LogP contribution is -2.30. The molecule has 1 amide bonds. The maximum Gasteiger partial charge on any atom is 0.339 e. The number of nitrogens with one attached hydrogen (secondary N) is 1. The number of nitro groups is 1. The second-order valence-corrected chi connectivity index (χ2v) is 5.68. The first-order chi connectivity index (χ1) is 11.8. The molecule has 0 spiro atoms. The van der Waals surface area contributed by atoms with Gasteiger partial charge >= 0.3 is 5.97 Å². The Kier molecular flexibility index (Phi) is 5.71. The minimum atomic E-state index is -1.11. The number of benzene rings is 2. The molecule has 7 nitrogen and oxygen atoms in total. The first-order valence-corrected chi connectivity index (χ1v) is 7.69. The predicted octanol–water partition coefficient (Wildman–Crippen LogP) is 3.74. The van der Waals surface area contributed by atoms with Crippen molar-refractivity contribution < 1.29 is 19.2 Å². The summed E-state index contributed by atoms with van der Waals surface area (Å²) in [4.78, 5) is 34.5. The summed E-state index contributed by atoms with van der Waals surface area (Å²) < 4.78 is 5.14. The van der Waals surface area contributed by atoms with Crippen LogP contribution < -0.4 is 5.32 Å². The van der Waals surface area contributed by atoms with Crippen LogP contribution in [0.3, 0.4) is 0 Å². The minimum absolute atomic E-state index is 0.0691. The molecule has 0 heterocycles. The lowest BCUT2D eigenvalue weighted by molar-refractivity contribution is -0.384. The summed E-state index contributed by atoms with van der Waals surface area (Å²) in [7, 11) is 0. The topological polar surface area (TPSA) is 98.5 Å². The van der Waals surface area contributed by atoms with Crippen LogP contribution in [0.5, 0.6) is 0 Å². The molecule has 0 radical (unpaired) electrons. The Labute approximate surface area is 148 Å². The van der Waals surface area contributed by atoms with E-state index in [0.717, 1.165) is 11.6 Å². The van der Waals surface area contributed by atoms with Crippen LogP contribution in [0, 0.1) is 17.0 Å². The van der Waals surface area contributed by atoms with Crippen molar-refractivity contribution in [1.82, 2.24) is 0 Å². The first-order valence-electron chi connectivity index (χ1n) is 7.31. The van der Waals surface area contributed by atoms with Crippen LogP contribution in [0.15, 0.2) is 42.5 Å². The van der Waals surface area contributed by atoms with Crippen molar-refractivity contribution in [1.29, 1.82) is 0 Å². The molecule has 8 heteroatoms. The molecule has 0 fully saturated rings. The number of hydrogen-bond acceptors (Lipinski definition) is 5. The molecular formula is C17H15ClN2O5. The normalized spacial score (nSPS) is 11.5. The van der Waals surface area contributed by atoms with Crippen LogP contribution in [0.1, 0.15) is 22.8 Å². The molecule has 2 aromatic carbocycles. The van der Waals surface area contributed by atoms with Gasteiger partial charge in [0, 0.05) is 12.1 Å². The number of nitro benzene ring substituents is 1. The van der Waals surface area contributed by atoms with Gasteiger partial charge in [-0.1, -0.05) is 29.8 Å². The van der Waals surface area contributed by atoms with Gasteiger partial charge in [-0.3, -0.25) is 14.9 Å². The van der Waals surface area contributed by atoms with E-state index in [1.807, 2.05) is 0 Å². The molecule has 1 unspecified atom stereocenters. The number of halogens is 1. The van der Waals surface area contributed by atoms with Crippen molar-refractivity contribution in [3.63, 3.8) is 0 Å². The fourth-order valence-electron chi connectivity index (χ4n) is 2.04. The quantitative estimate of drug-likeness (QED) is 0.496. The van der Waals surface area contributed by atoms with Crippen molar-refractivity contribution in [3.8, 4) is 0 Å². The first kappa shape index (κ1) is 18.4. The molecule has 1 atom stereocenters. The zero-order chi connectivity index (χ0) is 18.6. The number of carbonyl (C=O) groups excluding carboxylic acids is 2. The van der Waals surface area contributed by atoms with Gasteiger partial charge in [0.15, 0.2) is 6.10 Å². The Bertz CT molecular complexity index is 838. The monoisotopic (exact) mass is 362 g/mol. The van der Waals surface area contributed by atoms with Crippen LogP contribution >= 0.6 is 11.6 Å². The fourth-order valence-corrected chi connectivity index (χ4v) is 2.20. The van der Waals surface area contributed by atoms with Crippen LogP contribution in [-0.2, 0) is 9.53 Å². The number of aryl methyl sites for hydroxylation is 1. The predicted molar refractivity (Wildman–Crippen MR) is 92.8 cm³/mol. The SMILES string of the molecule is Cc1ccccc1C(=O)OC(C)C(=O)Nc1cc([N+](=O)[O-])ccc1Cl. The average molecular weight is 363 g/mol. The molecule has 0 aliphatic rings. The van der Waals surface area contributed by atoms with Gasteiger partial charge in [0.2, 0.25) is 0 Å². The van der Waals surface area contributed by atoms with Crippen molar-refractivity contribution in [2.75, 3.05) is 5.32 Å². The minimum Gasteiger partial charge on any atom is -0.449 e. The maximum absolute atomic E-state index is 12.2. The summed E-state index contributed by atoms with van der Waals surface area (Å²) >= 11 is 5.93.